The van der Waals surface area contributed by atoms with Crippen LogP contribution in [0.2, 0.25) is 0 Å². The molecule has 0 aliphatic carbocycles. The molecule has 0 radical (unpaired) electrons. The summed E-state index contributed by atoms with van der Waals surface area (Å²) in [6, 6.07) is 6.78. The van der Waals surface area contributed by atoms with E-state index in [0.29, 0.717) is 17.9 Å². The van der Waals surface area contributed by atoms with Crippen LogP contribution in [0.5, 0.6) is 11.6 Å². The van der Waals surface area contributed by atoms with E-state index in [1.54, 1.807) is 6.92 Å². The first kappa shape index (κ1) is 14.7. The Morgan fingerprint density at radius 2 is 2.14 bits per heavy atom. The Hall–Kier alpha value is -2.70. The molecule has 110 valence electrons. The fourth-order valence-corrected chi connectivity index (χ4v) is 1.71. The number of aryl methyl sites for hydroxylation is 1. The van der Waals surface area contributed by atoms with Gasteiger partial charge in [0.05, 0.1) is 4.92 Å². The highest BCUT2D eigenvalue weighted by Crippen LogP contribution is 2.32. The average Bonchev–Trinajstić information content (AvgIpc) is 2.43. The molecule has 7 heteroatoms. The molecular formula is C14H14FN3O3. The van der Waals surface area contributed by atoms with Gasteiger partial charge >= 0.3 is 11.6 Å². The minimum absolute atomic E-state index is 0.174. The van der Waals surface area contributed by atoms with Crippen molar-refractivity contribution in [3.05, 3.63) is 51.8 Å². The lowest BCUT2D eigenvalue weighted by atomic mass is 10.2. The molecule has 0 spiro atoms. The van der Waals surface area contributed by atoms with Crippen molar-refractivity contribution in [3.8, 4) is 11.6 Å². The molecule has 0 amide bonds. The Bertz CT molecular complexity index is 677. The molecule has 6 nitrogen and oxygen atoms in total. The molecule has 2 aromatic rings. The van der Waals surface area contributed by atoms with Crippen LogP contribution in [0, 0.1) is 22.9 Å². The molecule has 2 rings (SSSR count). The minimum Gasteiger partial charge on any atom is -0.433 e. The molecule has 0 fully saturated rings. The summed E-state index contributed by atoms with van der Waals surface area (Å²) in [6.07, 6.45) is 0. The number of benzene rings is 1. The summed E-state index contributed by atoms with van der Waals surface area (Å²) in [5.41, 5.74) is 0.377. The predicted molar refractivity (Wildman–Crippen MR) is 76.3 cm³/mol. The van der Waals surface area contributed by atoms with Crippen LogP contribution in [-0.2, 0) is 0 Å². The smallest absolute Gasteiger partial charge is 0.331 e. The predicted octanol–water partition coefficient (Wildman–Crippen LogP) is 3.66. The standard InChI is InChI=1S/C14H14FN3O3/c1-3-16-13-7-6-11(18(19)20)14(17-13)21-12-8-10(15)5-4-9(12)2/h4-8H,3H2,1-2H3,(H,16,17). The van der Waals surface area contributed by atoms with Crippen LogP contribution in [0.3, 0.4) is 0 Å². The van der Waals surface area contributed by atoms with Crippen molar-refractivity contribution in [3.63, 3.8) is 0 Å². The number of nitro groups is 1. The third kappa shape index (κ3) is 3.44. The quantitative estimate of drug-likeness (QED) is 0.672. The lowest BCUT2D eigenvalue weighted by Crippen LogP contribution is -2.03. The lowest BCUT2D eigenvalue weighted by Gasteiger charge is -2.10. The third-order valence-corrected chi connectivity index (χ3v) is 2.75. The monoisotopic (exact) mass is 291 g/mol. The molecule has 1 aromatic heterocycles. The second-order valence-electron chi connectivity index (χ2n) is 4.32. The maximum Gasteiger partial charge on any atom is 0.331 e. The molecule has 1 aromatic carbocycles. The first-order valence-electron chi connectivity index (χ1n) is 6.34. The Kier molecular flexibility index (Phi) is 4.32. The van der Waals surface area contributed by atoms with Crippen LogP contribution in [0.25, 0.3) is 0 Å². The number of ether oxygens (including phenoxy) is 1. The van der Waals surface area contributed by atoms with Crippen molar-refractivity contribution in [2.24, 2.45) is 0 Å². The highest BCUT2D eigenvalue weighted by molar-refractivity contribution is 5.51. The van der Waals surface area contributed by atoms with Gasteiger partial charge in [-0.3, -0.25) is 10.1 Å². The van der Waals surface area contributed by atoms with Crippen LogP contribution in [0.1, 0.15) is 12.5 Å². The van der Waals surface area contributed by atoms with Crippen LogP contribution >= 0.6 is 0 Å². The average molecular weight is 291 g/mol. The molecule has 0 saturated carbocycles. The molecule has 0 atom stereocenters. The van der Waals surface area contributed by atoms with E-state index in [-0.39, 0.29) is 17.3 Å². The molecule has 0 aliphatic rings. The molecule has 0 saturated heterocycles. The highest BCUT2D eigenvalue weighted by atomic mass is 19.1. The molecule has 0 aliphatic heterocycles. The molecule has 21 heavy (non-hydrogen) atoms. The van der Waals surface area contributed by atoms with Crippen LogP contribution in [-0.4, -0.2) is 16.5 Å². The van der Waals surface area contributed by atoms with E-state index in [0.717, 1.165) is 0 Å². The van der Waals surface area contributed by atoms with Crippen molar-refractivity contribution >= 4 is 11.5 Å². The fourth-order valence-electron chi connectivity index (χ4n) is 1.71. The number of aromatic nitrogens is 1. The number of rotatable bonds is 5. The maximum atomic E-state index is 13.3. The zero-order valence-electron chi connectivity index (χ0n) is 11.6. The number of pyridine rings is 1. The SMILES string of the molecule is CCNc1ccc([N+](=O)[O-])c(Oc2cc(F)ccc2C)n1. The summed E-state index contributed by atoms with van der Waals surface area (Å²) in [7, 11) is 0. The highest BCUT2D eigenvalue weighted by Gasteiger charge is 2.19. The Morgan fingerprint density at radius 3 is 2.81 bits per heavy atom. The summed E-state index contributed by atoms with van der Waals surface area (Å²) >= 11 is 0. The summed E-state index contributed by atoms with van der Waals surface area (Å²) in [5, 5.41) is 14.0. The molecule has 0 bridgehead atoms. The first-order valence-corrected chi connectivity index (χ1v) is 6.34. The van der Waals surface area contributed by atoms with Crippen LogP contribution < -0.4 is 10.1 Å². The largest absolute Gasteiger partial charge is 0.433 e. The van der Waals surface area contributed by atoms with E-state index in [1.807, 2.05) is 6.92 Å². The van der Waals surface area contributed by atoms with E-state index in [4.69, 9.17) is 4.74 Å². The summed E-state index contributed by atoms with van der Waals surface area (Å²) in [6.45, 7) is 4.21. The van der Waals surface area contributed by atoms with Crippen molar-refractivity contribution in [1.29, 1.82) is 0 Å². The van der Waals surface area contributed by atoms with Crippen molar-refractivity contribution in [1.82, 2.24) is 4.98 Å². The number of anilines is 1. The van der Waals surface area contributed by atoms with Crippen LogP contribution in [0.4, 0.5) is 15.9 Å². The lowest BCUT2D eigenvalue weighted by molar-refractivity contribution is -0.386. The maximum absolute atomic E-state index is 13.3. The first-order chi connectivity index (χ1) is 10.0. The summed E-state index contributed by atoms with van der Waals surface area (Å²) in [5.74, 6) is -0.0142. The number of hydrogen-bond donors (Lipinski definition) is 1. The molecule has 1 N–H and O–H groups in total. The number of nitrogens with one attached hydrogen (secondary N) is 1. The number of hydrogen-bond acceptors (Lipinski definition) is 5. The van der Waals surface area contributed by atoms with Gasteiger partial charge in [-0.2, -0.15) is 4.98 Å². The van der Waals surface area contributed by atoms with Crippen LogP contribution in [0.15, 0.2) is 30.3 Å². The summed E-state index contributed by atoms with van der Waals surface area (Å²) in [4.78, 5) is 14.5. The van der Waals surface area contributed by atoms with E-state index in [2.05, 4.69) is 10.3 Å². The number of nitrogens with zero attached hydrogens (tertiary/aromatic N) is 2. The van der Waals surface area contributed by atoms with Gasteiger partial charge in [-0.05, 0) is 31.5 Å². The van der Waals surface area contributed by atoms with Crippen molar-refractivity contribution in [2.45, 2.75) is 13.8 Å². The Balaban J connectivity index is 2.43. The van der Waals surface area contributed by atoms with Crippen molar-refractivity contribution in [2.75, 3.05) is 11.9 Å². The second-order valence-corrected chi connectivity index (χ2v) is 4.32. The molecular weight excluding hydrogens is 277 g/mol. The van der Waals surface area contributed by atoms with Gasteiger partial charge in [0.15, 0.2) is 0 Å². The van der Waals surface area contributed by atoms with E-state index < -0.39 is 10.7 Å². The fraction of sp³-hybridized carbons (Fsp3) is 0.214. The molecule has 0 unspecified atom stereocenters. The zero-order valence-corrected chi connectivity index (χ0v) is 11.6. The van der Waals surface area contributed by atoms with Crippen molar-refractivity contribution < 1.29 is 14.1 Å². The van der Waals surface area contributed by atoms with E-state index in [1.165, 1.54) is 30.3 Å². The second kappa shape index (κ2) is 6.17. The van der Waals surface area contributed by atoms with Gasteiger partial charge in [0.1, 0.15) is 17.4 Å². The van der Waals surface area contributed by atoms with E-state index in [9.17, 15) is 14.5 Å². The van der Waals surface area contributed by atoms with Gasteiger partial charge < -0.3 is 10.1 Å². The number of halogens is 1. The van der Waals surface area contributed by atoms with E-state index >= 15 is 0 Å². The Labute approximate surface area is 120 Å². The van der Waals surface area contributed by atoms with Gasteiger partial charge in [-0.1, -0.05) is 6.07 Å². The minimum atomic E-state index is -0.591. The van der Waals surface area contributed by atoms with Gasteiger partial charge in [-0.25, -0.2) is 4.39 Å². The van der Waals surface area contributed by atoms with Gasteiger partial charge in [0.2, 0.25) is 0 Å². The third-order valence-electron chi connectivity index (χ3n) is 2.75. The molecule has 1 heterocycles. The zero-order chi connectivity index (χ0) is 15.4. The van der Waals surface area contributed by atoms with Gasteiger partial charge in [-0.15, -0.1) is 0 Å². The topological polar surface area (TPSA) is 77.3 Å². The Morgan fingerprint density at radius 1 is 1.38 bits per heavy atom. The summed E-state index contributed by atoms with van der Waals surface area (Å²) < 4.78 is 18.7. The normalized spacial score (nSPS) is 10.2. The van der Waals surface area contributed by atoms with Gasteiger partial charge in [0.25, 0.3) is 0 Å². The van der Waals surface area contributed by atoms with Gasteiger partial charge in [0, 0.05) is 18.7 Å².